The summed E-state index contributed by atoms with van der Waals surface area (Å²) in [4.78, 5) is 20.2. The van der Waals surface area contributed by atoms with Gasteiger partial charge in [0.05, 0.1) is 0 Å². The fourth-order valence-corrected chi connectivity index (χ4v) is 2.49. The Morgan fingerprint density at radius 1 is 1.35 bits per heavy atom. The van der Waals surface area contributed by atoms with Crippen molar-refractivity contribution >= 4 is 11.9 Å². The van der Waals surface area contributed by atoms with E-state index < -0.39 is 0 Å². The lowest BCUT2D eigenvalue weighted by Gasteiger charge is -2.32. The summed E-state index contributed by atoms with van der Waals surface area (Å²) in [6.07, 6.45) is 3.42. The first-order valence-electron chi connectivity index (χ1n) is 8.54. The number of nitrogens with zero attached hydrogens (tertiary/aromatic N) is 3. The first kappa shape index (κ1) is 19.5. The van der Waals surface area contributed by atoms with Gasteiger partial charge >= 0.3 is 0 Å². The highest BCUT2D eigenvalue weighted by Crippen LogP contribution is 2.10. The molecule has 1 fully saturated rings. The molecule has 0 spiro atoms. The lowest BCUT2D eigenvalue weighted by atomic mass is 10.1. The van der Waals surface area contributed by atoms with Crippen LogP contribution in [0.3, 0.4) is 0 Å². The molecule has 1 amide bonds. The van der Waals surface area contributed by atoms with E-state index in [2.05, 4.69) is 34.0 Å². The Hall–Kier alpha value is -1.56. The quantitative estimate of drug-likeness (QED) is 0.418. The zero-order valence-electron chi connectivity index (χ0n) is 15.2. The van der Waals surface area contributed by atoms with Crippen LogP contribution in [0.5, 0.6) is 0 Å². The average molecular weight is 323 g/mol. The van der Waals surface area contributed by atoms with E-state index in [1.165, 1.54) is 13.0 Å². The van der Waals surface area contributed by atoms with Crippen molar-refractivity contribution < 1.29 is 4.79 Å². The van der Waals surface area contributed by atoms with Crippen molar-refractivity contribution in [2.24, 2.45) is 4.99 Å². The molecule has 1 aliphatic heterocycles. The molecule has 1 aliphatic rings. The minimum Gasteiger partial charge on any atom is -0.354 e. The van der Waals surface area contributed by atoms with Crippen LogP contribution < -0.4 is 10.6 Å². The van der Waals surface area contributed by atoms with Gasteiger partial charge in [0.1, 0.15) is 6.54 Å². The maximum atomic E-state index is 11.7. The van der Waals surface area contributed by atoms with Gasteiger partial charge in [-0.25, -0.2) is 4.99 Å². The first-order chi connectivity index (χ1) is 10.9. The number of carbonyl (C=O) groups excluding carboxylic acids is 1. The van der Waals surface area contributed by atoms with Crippen LogP contribution in [-0.4, -0.2) is 74.5 Å². The Bertz CT molecular complexity index is 411. The van der Waals surface area contributed by atoms with Gasteiger partial charge in [-0.1, -0.05) is 19.1 Å². The average Bonchev–Trinajstić information content (AvgIpc) is 2.51. The normalized spacial score (nSPS) is 17.0. The number of likely N-dealkylation sites (tertiary alicyclic amines) is 1. The molecule has 0 saturated carbocycles. The number of guanidine groups is 1. The molecule has 0 unspecified atom stereocenters. The molecule has 0 aromatic heterocycles. The van der Waals surface area contributed by atoms with Crippen molar-refractivity contribution in [2.75, 3.05) is 46.8 Å². The standard InChI is InChI=1S/C17H33N5O/c1-6-9-22-10-7-15(8-11-22)20-17(18-12-14(2)3)19-13-16(23)21(4)5/h15H,2,6-13H2,1,3-5H3,(H2,18,19,20). The molecule has 0 aromatic carbocycles. The van der Waals surface area contributed by atoms with E-state index in [-0.39, 0.29) is 12.5 Å². The van der Waals surface area contributed by atoms with E-state index in [4.69, 9.17) is 0 Å². The molecule has 1 heterocycles. The molecule has 0 bridgehead atoms. The molecular weight excluding hydrogens is 290 g/mol. The molecule has 1 saturated heterocycles. The molecule has 0 radical (unpaired) electrons. The molecule has 2 N–H and O–H groups in total. The van der Waals surface area contributed by atoms with E-state index in [1.807, 2.05) is 6.92 Å². The van der Waals surface area contributed by atoms with Gasteiger partial charge in [-0.2, -0.15) is 0 Å². The SMILES string of the molecule is C=C(C)CNC(=NCC(=O)N(C)C)NC1CCN(CCC)CC1. The zero-order chi connectivity index (χ0) is 17.2. The summed E-state index contributed by atoms with van der Waals surface area (Å²) in [5.74, 6) is 0.705. The highest BCUT2D eigenvalue weighted by molar-refractivity contribution is 5.85. The second kappa shape index (κ2) is 10.3. The van der Waals surface area contributed by atoms with Crippen molar-refractivity contribution in [1.82, 2.24) is 20.4 Å². The molecule has 6 nitrogen and oxygen atoms in total. The van der Waals surface area contributed by atoms with Crippen molar-refractivity contribution in [3.05, 3.63) is 12.2 Å². The van der Waals surface area contributed by atoms with Crippen LogP contribution in [-0.2, 0) is 4.79 Å². The van der Waals surface area contributed by atoms with E-state index in [1.54, 1.807) is 19.0 Å². The Balaban J connectivity index is 2.53. The smallest absolute Gasteiger partial charge is 0.243 e. The second-order valence-electron chi connectivity index (χ2n) is 6.52. The van der Waals surface area contributed by atoms with Crippen LogP contribution in [0, 0.1) is 0 Å². The van der Waals surface area contributed by atoms with Crippen molar-refractivity contribution in [3.63, 3.8) is 0 Å². The van der Waals surface area contributed by atoms with Gasteiger partial charge in [0, 0.05) is 39.8 Å². The number of piperidine rings is 1. The molecular formula is C17H33N5O. The van der Waals surface area contributed by atoms with Gasteiger partial charge in [0.25, 0.3) is 0 Å². The minimum atomic E-state index is -0.000750. The number of carbonyl (C=O) groups is 1. The topological polar surface area (TPSA) is 60.0 Å². The molecule has 1 rings (SSSR count). The number of likely N-dealkylation sites (N-methyl/N-ethyl adjacent to an activating group) is 1. The minimum absolute atomic E-state index is 0.000750. The molecule has 0 atom stereocenters. The van der Waals surface area contributed by atoms with Crippen LogP contribution in [0.1, 0.15) is 33.1 Å². The Morgan fingerprint density at radius 2 is 2.00 bits per heavy atom. The van der Waals surface area contributed by atoms with E-state index >= 15 is 0 Å². The number of nitrogens with one attached hydrogen (secondary N) is 2. The second-order valence-corrected chi connectivity index (χ2v) is 6.52. The molecule has 132 valence electrons. The zero-order valence-corrected chi connectivity index (χ0v) is 15.2. The van der Waals surface area contributed by atoms with Gasteiger partial charge in [-0.3, -0.25) is 4.79 Å². The maximum absolute atomic E-state index is 11.7. The summed E-state index contributed by atoms with van der Waals surface area (Å²) in [6.45, 7) is 12.3. The monoisotopic (exact) mass is 323 g/mol. The summed E-state index contributed by atoms with van der Waals surface area (Å²) in [5.41, 5.74) is 1.04. The number of hydrogen-bond acceptors (Lipinski definition) is 3. The highest BCUT2D eigenvalue weighted by Gasteiger charge is 2.19. The first-order valence-corrected chi connectivity index (χ1v) is 8.54. The van der Waals surface area contributed by atoms with Crippen molar-refractivity contribution in [2.45, 2.75) is 39.2 Å². The molecule has 0 aliphatic carbocycles. The third kappa shape index (κ3) is 8.02. The molecule has 23 heavy (non-hydrogen) atoms. The summed E-state index contributed by atoms with van der Waals surface area (Å²) >= 11 is 0. The van der Waals surface area contributed by atoms with Crippen molar-refractivity contribution in [1.29, 1.82) is 0 Å². The summed E-state index contributed by atoms with van der Waals surface area (Å²) < 4.78 is 0. The van der Waals surface area contributed by atoms with Crippen LogP contribution >= 0.6 is 0 Å². The Kier molecular flexibility index (Phi) is 8.69. The summed E-state index contributed by atoms with van der Waals surface area (Å²) in [7, 11) is 3.49. The molecule has 0 aromatic rings. The Labute approximate surface area is 141 Å². The number of aliphatic imine (C=N–C) groups is 1. The number of rotatable bonds is 7. The van der Waals surface area contributed by atoms with E-state index in [9.17, 15) is 4.79 Å². The van der Waals surface area contributed by atoms with Gasteiger partial charge in [0.15, 0.2) is 5.96 Å². The third-order valence-corrected chi connectivity index (χ3v) is 3.90. The van der Waals surface area contributed by atoms with Crippen molar-refractivity contribution in [3.8, 4) is 0 Å². The van der Waals surface area contributed by atoms with Crippen LogP contribution in [0.2, 0.25) is 0 Å². The maximum Gasteiger partial charge on any atom is 0.243 e. The van der Waals surface area contributed by atoms with Crippen LogP contribution in [0.4, 0.5) is 0 Å². The third-order valence-electron chi connectivity index (χ3n) is 3.90. The van der Waals surface area contributed by atoms with Crippen LogP contribution in [0.25, 0.3) is 0 Å². The predicted octanol–water partition coefficient (Wildman–Crippen LogP) is 1.06. The fourth-order valence-electron chi connectivity index (χ4n) is 2.49. The number of amides is 1. The van der Waals surface area contributed by atoms with E-state index in [0.29, 0.717) is 18.5 Å². The predicted molar refractivity (Wildman–Crippen MR) is 96.7 cm³/mol. The Morgan fingerprint density at radius 3 is 2.52 bits per heavy atom. The summed E-state index contributed by atoms with van der Waals surface area (Å²) in [6, 6.07) is 0.411. The highest BCUT2D eigenvalue weighted by atomic mass is 16.2. The lowest BCUT2D eigenvalue weighted by Crippen LogP contribution is -2.49. The largest absolute Gasteiger partial charge is 0.354 e. The van der Waals surface area contributed by atoms with Gasteiger partial charge in [-0.05, 0) is 32.7 Å². The van der Waals surface area contributed by atoms with Gasteiger partial charge in [-0.15, -0.1) is 0 Å². The molecule has 6 heteroatoms. The number of hydrogen-bond donors (Lipinski definition) is 2. The van der Waals surface area contributed by atoms with Gasteiger partial charge in [0.2, 0.25) is 5.91 Å². The van der Waals surface area contributed by atoms with Crippen LogP contribution in [0.15, 0.2) is 17.1 Å². The van der Waals surface area contributed by atoms with E-state index in [0.717, 1.165) is 31.5 Å². The lowest BCUT2D eigenvalue weighted by molar-refractivity contribution is -0.127. The van der Waals surface area contributed by atoms with Gasteiger partial charge < -0.3 is 20.4 Å². The summed E-state index contributed by atoms with van der Waals surface area (Å²) in [5, 5.41) is 6.72. The fraction of sp³-hybridized carbons (Fsp3) is 0.765.